The van der Waals surface area contributed by atoms with Gasteiger partial charge in [-0.3, -0.25) is 87.1 Å². The van der Waals surface area contributed by atoms with E-state index in [2.05, 4.69) is 53.2 Å². The summed E-state index contributed by atoms with van der Waals surface area (Å²) >= 11 is 0. The number of nitrogens with zero attached hydrogens (tertiary/aromatic N) is 8. The van der Waals surface area contributed by atoms with Crippen LogP contribution in [0.3, 0.4) is 0 Å². The van der Waals surface area contributed by atoms with Crippen molar-refractivity contribution < 1.29 is 97.8 Å². The van der Waals surface area contributed by atoms with Crippen LogP contribution in [0.5, 0.6) is 0 Å². The van der Waals surface area contributed by atoms with Crippen LogP contribution in [0.4, 0.5) is 11.4 Å². The van der Waals surface area contributed by atoms with Gasteiger partial charge in [-0.15, -0.1) is 0 Å². The van der Waals surface area contributed by atoms with Crippen molar-refractivity contribution in [3.8, 4) is 0 Å². The normalized spacial score (nSPS) is 16.1. The number of carboxylic acids is 6. The molecule has 2 aliphatic rings. The number of carboxylic acid groups (broad SMARTS) is 6. The molecule has 0 bridgehead atoms. The molecule has 2 heterocycles. The first kappa shape index (κ1) is 77.2. The van der Waals surface area contributed by atoms with Gasteiger partial charge < -0.3 is 113 Å². The van der Waals surface area contributed by atoms with Crippen LogP contribution in [-0.2, 0) is 67.1 Å². The van der Waals surface area contributed by atoms with E-state index in [1.807, 2.05) is 0 Å². The zero-order valence-corrected chi connectivity index (χ0v) is 50.6. The molecule has 0 aromatic heterocycles. The average Bonchev–Trinajstić information content (AvgIpc) is 0.794. The molecule has 0 unspecified atom stereocenters. The molecule has 3 rings (SSSR count). The van der Waals surface area contributed by atoms with Crippen molar-refractivity contribution in [1.29, 1.82) is 0 Å². The van der Waals surface area contributed by atoms with Gasteiger partial charge in [-0.05, 0) is 0 Å². The molecule has 8 amide bonds. The molecule has 0 saturated carbocycles. The van der Waals surface area contributed by atoms with E-state index in [0.29, 0.717) is 0 Å². The molecule has 10 N–H and O–H groups in total. The molecule has 40 nitrogen and oxygen atoms in total. The highest BCUT2D eigenvalue weighted by Crippen LogP contribution is 2.13. The van der Waals surface area contributed by atoms with Crippen molar-refractivity contribution in [2.75, 3.05) is 233 Å². The number of anilines is 2. The van der Waals surface area contributed by atoms with Crippen molar-refractivity contribution in [2.45, 2.75) is 0 Å². The number of hydrogen-bond donors (Lipinski definition) is 10. The largest absolute Gasteiger partial charge is 0.548 e. The van der Waals surface area contributed by atoms with E-state index in [1.54, 1.807) is 39.2 Å². The van der Waals surface area contributed by atoms with E-state index in [1.165, 1.54) is 0 Å². The lowest BCUT2D eigenvalue weighted by molar-refractivity contribution is -0.305. The van der Waals surface area contributed by atoms with Gasteiger partial charge in [0.05, 0.1) is 127 Å². The highest BCUT2D eigenvalue weighted by molar-refractivity contribution is 5.85. The fourth-order valence-corrected chi connectivity index (χ4v) is 9.03. The van der Waals surface area contributed by atoms with E-state index < -0.39 is 133 Å². The summed E-state index contributed by atoms with van der Waals surface area (Å²) in [5, 5.41) is 90.4. The molecule has 0 atom stereocenters. The van der Waals surface area contributed by atoms with Crippen LogP contribution in [0, 0.1) is 0 Å². The molecule has 40 heteroatoms. The first-order valence-corrected chi connectivity index (χ1v) is 29.1. The van der Waals surface area contributed by atoms with Gasteiger partial charge in [0.1, 0.15) is 11.4 Å². The quantitative estimate of drug-likeness (QED) is 0.0220. The van der Waals surface area contributed by atoms with Crippen molar-refractivity contribution in [3.05, 3.63) is 20.4 Å². The number of amides is 8. The maximum Gasteiger partial charge on any atom is 0.253 e. The summed E-state index contributed by atoms with van der Waals surface area (Å²) in [6, 6.07) is 0. The summed E-state index contributed by atoms with van der Waals surface area (Å²) in [5.41, 5.74) is -1.92. The van der Waals surface area contributed by atoms with Gasteiger partial charge in [-0.2, -0.15) is 0 Å². The summed E-state index contributed by atoms with van der Waals surface area (Å²) in [6.07, 6.45) is 0. The van der Waals surface area contributed by atoms with Crippen molar-refractivity contribution in [2.24, 2.45) is 0 Å². The predicted octanol–water partition coefficient (Wildman–Crippen LogP) is -20.0. The van der Waals surface area contributed by atoms with Crippen LogP contribution in [-0.4, -0.2) is 345 Å². The zero-order chi connectivity index (χ0) is 68.1. The third-order valence-electron chi connectivity index (χ3n) is 13.8. The third kappa shape index (κ3) is 34.2. The number of rotatable bonds is 36. The van der Waals surface area contributed by atoms with Crippen LogP contribution >= 0.6 is 0 Å². The Labute approximate surface area is 526 Å². The second kappa shape index (κ2) is 42.1. The van der Waals surface area contributed by atoms with Gasteiger partial charge >= 0.3 is 0 Å². The lowest BCUT2D eigenvalue weighted by Crippen LogP contribution is -2.52. The second-order valence-corrected chi connectivity index (χ2v) is 21.1. The minimum absolute atomic E-state index is 0.0605. The molecular formula is C52H78N18O22-6. The zero-order valence-electron chi connectivity index (χ0n) is 50.6. The Balaban J connectivity index is 1.66. The van der Waals surface area contributed by atoms with Crippen LogP contribution in [0.2, 0.25) is 0 Å². The van der Waals surface area contributed by atoms with Gasteiger partial charge in [0.15, 0.2) is 0 Å². The Morgan fingerprint density at radius 2 is 0.380 bits per heavy atom. The molecule has 0 radical (unpaired) electrons. The lowest BCUT2D eigenvalue weighted by Gasteiger charge is -2.33. The topological polar surface area (TPSA) is 558 Å². The number of nitrogens with one attached hydrogen (secondary N) is 10. The average molecular weight is 1310 g/mol. The smallest absolute Gasteiger partial charge is 0.253 e. The summed E-state index contributed by atoms with van der Waals surface area (Å²) in [7, 11) is 0. The Morgan fingerprint density at radius 1 is 0.239 bits per heavy atom. The number of hydrogen-bond acceptors (Lipinski definition) is 32. The van der Waals surface area contributed by atoms with Gasteiger partial charge in [0.25, 0.3) is 10.9 Å². The van der Waals surface area contributed by atoms with Crippen molar-refractivity contribution in [1.82, 2.24) is 81.7 Å². The molecule has 2 fully saturated rings. The fourth-order valence-electron chi connectivity index (χ4n) is 9.03. The molecule has 92 heavy (non-hydrogen) atoms. The third-order valence-corrected chi connectivity index (χ3v) is 13.8. The SMILES string of the molecule is O=C([O-])CNC(=O)CN1CCN(CC(=O)NCCNc2c(NCCNC(=O)CN3CCN(CC(=O)NCC(=O)[O-])CCN(CC(=O)NCC(=O)[O-])CCN(CC(=O)NCC(=O)[O-])CC3)c(=O)c2=O)CCN(CC(=O)NCC(=O)[O-])CCN(CC(=O)NCC(=O)[O-])CC1. The Kier molecular flexibility index (Phi) is 35.3. The Hall–Kier alpha value is -9.06. The second-order valence-electron chi connectivity index (χ2n) is 21.1. The van der Waals surface area contributed by atoms with E-state index in [0.717, 1.165) is 0 Å². The minimum atomic E-state index is -1.54. The lowest BCUT2D eigenvalue weighted by atomic mass is 10.2. The number of aliphatic carboxylic acids is 6. The molecule has 2 saturated heterocycles. The molecule has 2 aliphatic heterocycles. The van der Waals surface area contributed by atoms with E-state index in [-0.39, 0.29) is 195 Å². The van der Waals surface area contributed by atoms with E-state index >= 15 is 0 Å². The Bertz CT molecular complexity index is 2510. The maximum absolute atomic E-state index is 13.4. The fraction of sp³-hybridized carbons (Fsp3) is 0.654. The van der Waals surface area contributed by atoms with Gasteiger partial charge in [0.2, 0.25) is 47.3 Å². The van der Waals surface area contributed by atoms with Gasteiger partial charge in [-0.1, -0.05) is 0 Å². The molecule has 0 aliphatic carbocycles. The highest BCUT2D eigenvalue weighted by atomic mass is 16.4. The highest BCUT2D eigenvalue weighted by Gasteiger charge is 2.26. The monoisotopic (exact) mass is 1310 g/mol. The summed E-state index contributed by atoms with van der Waals surface area (Å²) in [5.74, 6) is -14.4. The van der Waals surface area contributed by atoms with Crippen LogP contribution in [0.1, 0.15) is 0 Å². The summed E-state index contributed by atoms with van der Waals surface area (Å²) in [4.78, 5) is 208. The molecule has 514 valence electrons. The van der Waals surface area contributed by atoms with E-state index in [9.17, 15) is 107 Å². The van der Waals surface area contributed by atoms with Crippen LogP contribution < -0.4 is 94.7 Å². The van der Waals surface area contributed by atoms with E-state index in [4.69, 9.17) is 0 Å². The standard InChI is InChI=1S/C52H84N18O22/c71-35(27-63-5-9-65(29-37(73)57-21-43(79)80)13-17-69(33-41(77)61-25-47(87)88)18-14-66(10-6-63)30-38(74)58-22-44(81)82)53-1-3-55-49-50(52(92)51(49)91)56-4-2-54-36(72)28-64-7-11-67(31-39(75)59-23-45(83)84)15-19-70(34-42(78)62-26-48(89)90)20-16-68(12-8-64)32-40(76)60-24-46(85)86/h55-56H,1-34H2,(H,53,71)(H,54,72)(H,57,73)(H,58,74)(H,59,75)(H,60,76)(H,61,77)(H,62,78)(H,79,80)(H,81,82)(H,83,84)(H,85,86)(H,87,88)(H,89,90)/p-6. The Morgan fingerprint density at radius 3 is 0.522 bits per heavy atom. The number of carbonyl (C=O) groups is 14. The van der Waals surface area contributed by atoms with Gasteiger partial charge in [0, 0.05) is 131 Å². The molecular weight excluding hydrogens is 1230 g/mol. The minimum Gasteiger partial charge on any atom is -0.548 e. The molecule has 1 aromatic rings. The van der Waals surface area contributed by atoms with Crippen LogP contribution in [0.15, 0.2) is 9.59 Å². The summed E-state index contributed by atoms with van der Waals surface area (Å²) in [6.45, 7) is -5.83. The first-order chi connectivity index (χ1) is 43.6. The molecule has 1 aromatic carbocycles. The molecule has 0 spiro atoms. The summed E-state index contributed by atoms with van der Waals surface area (Å²) < 4.78 is 0. The van der Waals surface area contributed by atoms with Crippen molar-refractivity contribution in [3.63, 3.8) is 0 Å². The van der Waals surface area contributed by atoms with Crippen molar-refractivity contribution >= 4 is 94.4 Å². The van der Waals surface area contributed by atoms with Crippen LogP contribution in [0.25, 0.3) is 0 Å². The maximum atomic E-state index is 13.4. The number of carbonyl (C=O) groups excluding carboxylic acids is 14. The predicted molar refractivity (Wildman–Crippen MR) is 304 cm³/mol. The van der Waals surface area contributed by atoms with Gasteiger partial charge in [-0.25, -0.2) is 0 Å². The first-order valence-electron chi connectivity index (χ1n) is 29.1.